The molecule has 1 amide bonds. The predicted octanol–water partition coefficient (Wildman–Crippen LogP) is 2.15. The second kappa shape index (κ2) is 6.24. The Labute approximate surface area is 99.4 Å². The summed E-state index contributed by atoms with van der Waals surface area (Å²) in [6.45, 7) is 7.53. The molecule has 1 saturated heterocycles. The Kier molecular flexibility index (Phi) is 5.26. The summed E-state index contributed by atoms with van der Waals surface area (Å²) in [5.74, 6) is 0.912. The maximum Gasteiger partial charge on any atom is 0.239 e. The molecule has 94 valence electrons. The van der Waals surface area contributed by atoms with E-state index in [4.69, 9.17) is 5.73 Å². The highest BCUT2D eigenvalue weighted by Crippen LogP contribution is 2.17. The molecule has 1 fully saturated rings. The number of rotatable bonds is 5. The van der Waals surface area contributed by atoms with Crippen LogP contribution >= 0.6 is 0 Å². The smallest absolute Gasteiger partial charge is 0.239 e. The molecule has 0 aromatic rings. The molecule has 0 saturated carbocycles. The van der Waals surface area contributed by atoms with Crippen LogP contribution in [-0.4, -0.2) is 29.4 Å². The van der Waals surface area contributed by atoms with Gasteiger partial charge in [0, 0.05) is 12.6 Å². The zero-order valence-corrected chi connectivity index (χ0v) is 10.9. The Morgan fingerprint density at radius 2 is 2.06 bits per heavy atom. The molecular weight excluding hydrogens is 200 g/mol. The van der Waals surface area contributed by atoms with Gasteiger partial charge in [-0.05, 0) is 32.1 Å². The molecule has 2 unspecified atom stereocenters. The van der Waals surface area contributed by atoms with Gasteiger partial charge >= 0.3 is 0 Å². The molecule has 0 radical (unpaired) electrons. The van der Waals surface area contributed by atoms with Crippen LogP contribution in [0.5, 0.6) is 0 Å². The van der Waals surface area contributed by atoms with Crippen LogP contribution in [0.1, 0.15) is 52.9 Å². The Bertz CT molecular complexity index is 228. The highest BCUT2D eigenvalue weighted by Gasteiger charge is 2.28. The van der Waals surface area contributed by atoms with Crippen molar-refractivity contribution < 1.29 is 4.79 Å². The molecular formula is C13H26N2O. The van der Waals surface area contributed by atoms with Crippen LogP contribution in [0.4, 0.5) is 0 Å². The van der Waals surface area contributed by atoms with Crippen LogP contribution in [0, 0.1) is 5.92 Å². The minimum atomic E-state index is -0.249. The molecule has 0 aromatic heterocycles. The van der Waals surface area contributed by atoms with Gasteiger partial charge in [-0.25, -0.2) is 0 Å². The van der Waals surface area contributed by atoms with E-state index in [9.17, 15) is 4.79 Å². The van der Waals surface area contributed by atoms with Crippen molar-refractivity contribution in [2.75, 3.05) is 6.54 Å². The molecule has 2 atom stereocenters. The first-order chi connectivity index (χ1) is 7.52. The van der Waals surface area contributed by atoms with Crippen molar-refractivity contribution in [3.63, 3.8) is 0 Å². The average molecular weight is 226 g/mol. The summed E-state index contributed by atoms with van der Waals surface area (Å²) in [5.41, 5.74) is 5.79. The van der Waals surface area contributed by atoms with Crippen LogP contribution in [-0.2, 0) is 4.79 Å². The summed E-state index contributed by atoms with van der Waals surface area (Å²) in [6.07, 6.45) is 5.47. The molecule has 3 nitrogen and oxygen atoms in total. The summed E-state index contributed by atoms with van der Waals surface area (Å²) >= 11 is 0. The van der Waals surface area contributed by atoms with Crippen LogP contribution in [0.15, 0.2) is 0 Å². The second-order valence-electron chi connectivity index (χ2n) is 5.45. The molecule has 1 aliphatic rings. The van der Waals surface area contributed by atoms with E-state index in [-0.39, 0.29) is 11.9 Å². The van der Waals surface area contributed by atoms with E-state index >= 15 is 0 Å². The van der Waals surface area contributed by atoms with Crippen molar-refractivity contribution in [2.24, 2.45) is 11.7 Å². The summed E-state index contributed by atoms with van der Waals surface area (Å²) in [5, 5.41) is 0. The van der Waals surface area contributed by atoms with Crippen molar-refractivity contribution in [3.05, 3.63) is 0 Å². The Hall–Kier alpha value is -0.570. The number of hydrogen-bond donors (Lipinski definition) is 1. The number of carbonyl (C=O) groups excluding carboxylic acids is 1. The number of carbonyl (C=O) groups is 1. The van der Waals surface area contributed by atoms with Crippen molar-refractivity contribution in [2.45, 2.75) is 65.0 Å². The fraction of sp³-hybridized carbons (Fsp3) is 0.923. The Balaban J connectivity index is 2.34. The SMILES string of the molecule is CC(C)CCCC(C)N1CCCC(N)C1=O. The molecule has 0 bridgehead atoms. The third-order valence-electron chi connectivity index (χ3n) is 3.45. The molecule has 1 rings (SSSR count). The number of nitrogens with two attached hydrogens (primary N) is 1. The standard InChI is InChI=1S/C13H26N2O/c1-10(2)6-4-7-11(3)15-9-5-8-12(14)13(15)16/h10-12H,4-9,14H2,1-3H3. The monoisotopic (exact) mass is 226 g/mol. The van der Waals surface area contributed by atoms with Gasteiger partial charge in [0.2, 0.25) is 5.91 Å². The largest absolute Gasteiger partial charge is 0.339 e. The zero-order chi connectivity index (χ0) is 12.1. The van der Waals surface area contributed by atoms with Crippen molar-refractivity contribution >= 4 is 5.91 Å². The highest BCUT2D eigenvalue weighted by atomic mass is 16.2. The molecule has 2 N–H and O–H groups in total. The highest BCUT2D eigenvalue weighted by molar-refractivity contribution is 5.82. The van der Waals surface area contributed by atoms with E-state index in [1.807, 2.05) is 4.90 Å². The Morgan fingerprint density at radius 1 is 1.38 bits per heavy atom. The Morgan fingerprint density at radius 3 is 2.69 bits per heavy atom. The van der Waals surface area contributed by atoms with Crippen LogP contribution in [0.3, 0.4) is 0 Å². The van der Waals surface area contributed by atoms with Crippen molar-refractivity contribution in [1.29, 1.82) is 0 Å². The van der Waals surface area contributed by atoms with Gasteiger partial charge in [-0.1, -0.05) is 26.7 Å². The number of amides is 1. The lowest BCUT2D eigenvalue weighted by Crippen LogP contribution is -2.51. The second-order valence-corrected chi connectivity index (χ2v) is 5.45. The van der Waals surface area contributed by atoms with E-state index in [1.54, 1.807) is 0 Å². The van der Waals surface area contributed by atoms with Gasteiger partial charge in [0.15, 0.2) is 0 Å². The van der Waals surface area contributed by atoms with Crippen LogP contribution in [0.2, 0.25) is 0 Å². The van der Waals surface area contributed by atoms with Gasteiger partial charge in [0.05, 0.1) is 6.04 Å². The fourth-order valence-corrected chi connectivity index (χ4v) is 2.34. The summed E-state index contributed by atoms with van der Waals surface area (Å²) < 4.78 is 0. The lowest BCUT2D eigenvalue weighted by atomic mass is 9.99. The first kappa shape index (κ1) is 13.5. The predicted molar refractivity (Wildman–Crippen MR) is 67.1 cm³/mol. The molecule has 0 aliphatic carbocycles. The number of nitrogens with zero attached hydrogens (tertiary/aromatic N) is 1. The zero-order valence-electron chi connectivity index (χ0n) is 10.9. The summed E-state index contributed by atoms with van der Waals surface area (Å²) in [7, 11) is 0. The molecule has 0 spiro atoms. The molecule has 3 heteroatoms. The number of piperidine rings is 1. The fourth-order valence-electron chi connectivity index (χ4n) is 2.34. The van der Waals surface area contributed by atoms with Crippen molar-refractivity contribution in [1.82, 2.24) is 4.90 Å². The third-order valence-corrected chi connectivity index (χ3v) is 3.45. The topological polar surface area (TPSA) is 46.3 Å². The maximum atomic E-state index is 11.9. The molecule has 1 heterocycles. The summed E-state index contributed by atoms with van der Waals surface area (Å²) in [6, 6.07) is 0.110. The number of likely N-dealkylation sites (tertiary alicyclic amines) is 1. The van der Waals surface area contributed by atoms with Gasteiger partial charge in [-0.3, -0.25) is 4.79 Å². The van der Waals surface area contributed by atoms with Gasteiger partial charge < -0.3 is 10.6 Å². The van der Waals surface area contributed by atoms with Gasteiger partial charge in [0.25, 0.3) is 0 Å². The molecule has 1 aliphatic heterocycles. The minimum Gasteiger partial charge on any atom is -0.339 e. The van der Waals surface area contributed by atoms with Crippen LogP contribution in [0.25, 0.3) is 0 Å². The van der Waals surface area contributed by atoms with Gasteiger partial charge in [0.1, 0.15) is 0 Å². The quantitative estimate of drug-likeness (QED) is 0.780. The first-order valence-electron chi connectivity index (χ1n) is 6.58. The summed E-state index contributed by atoms with van der Waals surface area (Å²) in [4.78, 5) is 13.8. The lowest BCUT2D eigenvalue weighted by molar-refractivity contribution is -0.137. The van der Waals surface area contributed by atoms with Crippen molar-refractivity contribution in [3.8, 4) is 0 Å². The third kappa shape index (κ3) is 3.78. The first-order valence-corrected chi connectivity index (χ1v) is 6.58. The minimum absolute atomic E-state index is 0.156. The van der Waals surface area contributed by atoms with E-state index in [1.165, 1.54) is 12.8 Å². The van der Waals surface area contributed by atoms with E-state index < -0.39 is 0 Å². The molecule has 16 heavy (non-hydrogen) atoms. The van der Waals surface area contributed by atoms with Gasteiger partial charge in [-0.15, -0.1) is 0 Å². The van der Waals surface area contributed by atoms with E-state index in [2.05, 4.69) is 20.8 Å². The van der Waals surface area contributed by atoms with E-state index in [0.29, 0.717) is 6.04 Å². The van der Waals surface area contributed by atoms with Crippen LogP contribution < -0.4 is 5.73 Å². The van der Waals surface area contributed by atoms with E-state index in [0.717, 1.165) is 31.7 Å². The van der Waals surface area contributed by atoms with Gasteiger partial charge in [-0.2, -0.15) is 0 Å². The normalized spacial score (nSPS) is 23.9. The number of hydrogen-bond acceptors (Lipinski definition) is 2. The average Bonchev–Trinajstić information content (AvgIpc) is 2.21. The molecule has 0 aromatic carbocycles. The lowest BCUT2D eigenvalue weighted by Gasteiger charge is -2.35. The maximum absolute atomic E-state index is 11.9.